The van der Waals surface area contributed by atoms with E-state index in [1.54, 1.807) is 61.4 Å². The van der Waals surface area contributed by atoms with Gasteiger partial charge >= 0.3 is 0 Å². The quantitative estimate of drug-likeness (QED) is 0.658. The highest BCUT2D eigenvalue weighted by Crippen LogP contribution is 2.21. The Bertz CT molecular complexity index is 877. The van der Waals surface area contributed by atoms with E-state index in [4.69, 9.17) is 4.74 Å². The molecular formula is C18H18N4O2S. The number of nitrogens with zero attached hydrogens (tertiary/aromatic N) is 4. The maximum Gasteiger partial charge on any atom is 0.258 e. The third-order valence-electron chi connectivity index (χ3n) is 3.78. The molecule has 0 saturated carbocycles. The molecule has 128 valence electrons. The van der Waals surface area contributed by atoms with Crippen LogP contribution in [0.1, 0.15) is 10.4 Å². The van der Waals surface area contributed by atoms with Crippen LogP contribution in [-0.2, 0) is 0 Å². The minimum atomic E-state index is -0.111. The Balaban J connectivity index is 1.88. The second kappa shape index (κ2) is 7.40. The fraction of sp³-hybridized carbons (Fsp3) is 0.167. The number of amides is 1. The molecule has 0 aliphatic rings. The lowest BCUT2D eigenvalue weighted by molar-refractivity contribution is 0.0993. The summed E-state index contributed by atoms with van der Waals surface area (Å²) >= 11 is 1.55. The first kappa shape index (κ1) is 17.0. The lowest BCUT2D eigenvalue weighted by Crippen LogP contribution is -2.26. The zero-order valence-electron chi connectivity index (χ0n) is 14.2. The van der Waals surface area contributed by atoms with Gasteiger partial charge in [-0.1, -0.05) is 17.8 Å². The van der Waals surface area contributed by atoms with Crippen molar-refractivity contribution >= 4 is 23.4 Å². The molecule has 2 heterocycles. The van der Waals surface area contributed by atoms with Crippen molar-refractivity contribution in [3.05, 3.63) is 60.6 Å². The largest absolute Gasteiger partial charge is 0.481 e. The Morgan fingerprint density at radius 1 is 1.24 bits per heavy atom. The van der Waals surface area contributed by atoms with Gasteiger partial charge in [-0.25, -0.2) is 9.97 Å². The van der Waals surface area contributed by atoms with E-state index in [1.807, 2.05) is 35.2 Å². The van der Waals surface area contributed by atoms with Crippen LogP contribution in [0, 0.1) is 0 Å². The van der Waals surface area contributed by atoms with Gasteiger partial charge in [0.15, 0.2) is 5.16 Å². The van der Waals surface area contributed by atoms with Gasteiger partial charge in [0.05, 0.1) is 19.0 Å². The fourth-order valence-electron chi connectivity index (χ4n) is 2.43. The van der Waals surface area contributed by atoms with Crippen LogP contribution in [0.4, 0.5) is 5.69 Å². The van der Waals surface area contributed by atoms with Gasteiger partial charge in [-0.3, -0.25) is 9.36 Å². The van der Waals surface area contributed by atoms with Gasteiger partial charge in [0.1, 0.15) is 0 Å². The highest BCUT2D eigenvalue weighted by Gasteiger charge is 2.15. The first-order chi connectivity index (χ1) is 12.1. The third kappa shape index (κ3) is 3.51. The van der Waals surface area contributed by atoms with Gasteiger partial charge in [-0.05, 0) is 30.5 Å². The number of aromatic nitrogens is 3. The van der Waals surface area contributed by atoms with E-state index in [1.165, 1.54) is 0 Å². The zero-order chi connectivity index (χ0) is 17.8. The summed E-state index contributed by atoms with van der Waals surface area (Å²) in [7, 11) is 3.28. The summed E-state index contributed by atoms with van der Waals surface area (Å²) in [6, 6.07) is 11.0. The molecule has 0 radical (unpaired) electrons. The molecule has 7 heteroatoms. The molecule has 3 aromatic rings. The number of ether oxygens (including phenoxy) is 1. The number of rotatable bonds is 5. The van der Waals surface area contributed by atoms with E-state index in [2.05, 4.69) is 9.97 Å². The molecule has 25 heavy (non-hydrogen) atoms. The molecule has 0 spiro atoms. The van der Waals surface area contributed by atoms with E-state index in [9.17, 15) is 4.79 Å². The summed E-state index contributed by atoms with van der Waals surface area (Å²) in [6.45, 7) is 0. The Morgan fingerprint density at radius 3 is 2.76 bits per heavy atom. The maximum atomic E-state index is 12.8. The molecule has 0 atom stereocenters. The van der Waals surface area contributed by atoms with E-state index in [-0.39, 0.29) is 5.91 Å². The van der Waals surface area contributed by atoms with Crippen LogP contribution >= 0.6 is 11.8 Å². The van der Waals surface area contributed by atoms with Crippen molar-refractivity contribution in [1.29, 1.82) is 0 Å². The van der Waals surface area contributed by atoms with Crippen LogP contribution in [0.5, 0.6) is 5.88 Å². The van der Waals surface area contributed by atoms with Crippen LogP contribution in [0.25, 0.3) is 5.69 Å². The second-order valence-corrected chi connectivity index (χ2v) is 6.03. The Hall–Kier alpha value is -2.80. The van der Waals surface area contributed by atoms with Crippen LogP contribution in [0.15, 0.2) is 60.1 Å². The average Bonchev–Trinajstić information content (AvgIpc) is 3.16. The van der Waals surface area contributed by atoms with Crippen molar-refractivity contribution in [2.24, 2.45) is 0 Å². The zero-order valence-corrected chi connectivity index (χ0v) is 15.0. The van der Waals surface area contributed by atoms with Crippen molar-refractivity contribution in [3.8, 4) is 11.6 Å². The normalized spacial score (nSPS) is 10.5. The summed E-state index contributed by atoms with van der Waals surface area (Å²) < 4.78 is 7.00. The number of hydrogen-bond acceptors (Lipinski definition) is 5. The Morgan fingerprint density at radius 2 is 2.08 bits per heavy atom. The second-order valence-electron chi connectivity index (χ2n) is 5.26. The molecule has 0 N–H and O–H groups in total. The van der Waals surface area contributed by atoms with Gasteiger partial charge in [-0.2, -0.15) is 0 Å². The number of imidazole rings is 1. The van der Waals surface area contributed by atoms with Crippen molar-refractivity contribution in [1.82, 2.24) is 14.5 Å². The molecule has 1 amide bonds. The van der Waals surface area contributed by atoms with E-state index < -0.39 is 0 Å². The molecule has 0 bridgehead atoms. The first-order valence-electron chi connectivity index (χ1n) is 7.60. The van der Waals surface area contributed by atoms with Crippen molar-refractivity contribution < 1.29 is 9.53 Å². The predicted molar refractivity (Wildman–Crippen MR) is 98.9 cm³/mol. The van der Waals surface area contributed by atoms with E-state index in [0.717, 1.165) is 10.8 Å². The monoisotopic (exact) mass is 354 g/mol. The summed E-state index contributed by atoms with van der Waals surface area (Å²) in [5, 5.41) is 0.873. The summed E-state index contributed by atoms with van der Waals surface area (Å²) in [6.07, 6.45) is 7.21. The number of carbonyl (C=O) groups is 1. The predicted octanol–water partition coefficient (Wildman–Crippen LogP) is 3.27. The molecule has 3 rings (SSSR count). The van der Waals surface area contributed by atoms with Gasteiger partial charge in [0.2, 0.25) is 5.88 Å². The molecule has 0 saturated heterocycles. The van der Waals surface area contributed by atoms with Gasteiger partial charge < -0.3 is 9.64 Å². The van der Waals surface area contributed by atoms with Crippen molar-refractivity contribution in [3.63, 3.8) is 0 Å². The number of pyridine rings is 1. The summed E-state index contributed by atoms with van der Waals surface area (Å²) in [4.78, 5) is 22.8. The van der Waals surface area contributed by atoms with E-state index >= 15 is 0 Å². The minimum absolute atomic E-state index is 0.111. The first-order valence-corrected chi connectivity index (χ1v) is 8.82. The number of methoxy groups -OCH3 is 1. The van der Waals surface area contributed by atoms with Gasteiger partial charge in [0.25, 0.3) is 5.91 Å². The topological polar surface area (TPSA) is 60.2 Å². The Kier molecular flexibility index (Phi) is 5.04. The molecule has 0 aliphatic carbocycles. The number of carbonyl (C=O) groups excluding carboxylic acids is 1. The van der Waals surface area contributed by atoms with Crippen LogP contribution < -0.4 is 9.64 Å². The maximum absolute atomic E-state index is 12.8. The lowest BCUT2D eigenvalue weighted by atomic mass is 10.1. The summed E-state index contributed by atoms with van der Waals surface area (Å²) in [5.74, 6) is 0.399. The highest BCUT2D eigenvalue weighted by molar-refractivity contribution is 7.98. The van der Waals surface area contributed by atoms with Gasteiger partial charge in [-0.15, -0.1) is 0 Å². The van der Waals surface area contributed by atoms with Gasteiger partial charge in [0, 0.05) is 36.8 Å². The SMILES string of the molecule is COc1ccc(N(C)C(=O)c2cccc(-n3ccnc3SC)c2)cn1. The molecular weight excluding hydrogens is 336 g/mol. The average molecular weight is 354 g/mol. The van der Waals surface area contributed by atoms with Crippen LogP contribution in [-0.4, -0.2) is 40.9 Å². The number of thioether (sulfide) groups is 1. The third-order valence-corrected chi connectivity index (χ3v) is 4.45. The lowest BCUT2D eigenvalue weighted by Gasteiger charge is -2.18. The van der Waals surface area contributed by atoms with Crippen molar-refractivity contribution in [2.75, 3.05) is 25.3 Å². The number of benzene rings is 1. The Labute approximate surface area is 150 Å². The standard InChI is InChI=1S/C18H18N4O2S/c1-21(15-7-8-16(24-2)20-12-15)17(23)13-5-4-6-14(11-13)22-10-9-19-18(22)25-3/h4-12H,1-3H3. The molecule has 1 aromatic carbocycles. The minimum Gasteiger partial charge on any atom is -0.481 e. The van der Waals surface area contributed by atoms with Crippen LogP contribution in [0.2, 0.25) is 0 Å². The molecule has 2 aromatic heterocycles. The fourth-order valence-corrected chi connectivity index (χ4v) is 2.96. The number of hydrogen-bond donors (Lipinski definition) is 0. The summed E-state index contributed by atoms with van der Waals surface area (Å²) in [5.41, 5.74) is 2.19. The molecule has 0 aliphatic heterocycles. The van der Waals surface area contributed by atoms with Crippen molar-refractivity contribution in [2.45, 2.75) is 5.16 Å². The molecule has 6 nitrogen and oxygen atoms in total. The highest BCUT2D eigenvalue weighted by atomic mass is 32.2. The molecule has 0 unspecified atom stereocenters. The van der Waals surface area contributed by atoms with Crippen LogP contribution in [0.3, 0.4) is 0 Å². The smallest absolute Gasteiger partial charge is 0.258 e. The molecule has 0 fully saturated rings. The van der Waals surface area contributed by atoms with E-state index in [0.29, 0.717) is 17.1 Å². The number of anilines is 1.